The molecule has 1 nitrogen and oxygen atoms in total. The summed E-state index contributed by atoms with van der Waals surface area (Å²) in [7, 11) is 0. The van der Waals surface area contributed by atoms with Crippen LogP contribution < -0.4 is 0 Å². The second-order valence-electron chi connectivity index (χ2n) is 3.25. The molecule has 0 heterocycles. The second kappa shape index (κ2) is 2.90. The van der Waals surface area contributed by atoms with Gasteiger partial charge in [-0.05, 0) is 12.5 Å². The normalized spacial score (nSPS) is 14.0. The molecule has 1 N–H and O–H groups in total. The van der Waals surface area contributed by atoms with Crippen LogP contribution in [0.25, 0.3) is 0 Å². The Kier molecular flexibility index (Phi) is 2.75. The first-order valence-electron chi connectivity index (χ1n) is 3.38. The molecule has 0 bridgehead atoms. The second-order valence-corrected chi connectivity index (χ2v) is 3.25. The van der Waals surface area contributed by atoms with Gasteiger partial charge in [-0.15, -0.1) is 0 Å². The molecule has 0 aromatic heterocycles. The van der Waals surface area contributed by atoms with E-state index in [1.807, 2.05) is 33.8 Å². The van der Waals surface area contributed by atoms with Gasteiger partial charge in [0, 0.05) is 5.41 Å². The summed E-state index contributed by atoms with van der Waals surface area (Å²) in [5, 5.41) is 9.25. The fourth-order valence-corrected chi connectivity index (χ4v) is 0.500. The van der Waals surface area contributed by atoms with Crippen molar-refractivity contribution in [2.45, 2.75) is 34.1 Å². The number of allylic oxidation sites excluding steroid dienone is 2. The van der Waals surface area contributed by atoms with Crippen molar-refractivity contribution in [3.05, 3.63) is 11.8 Å². The lowest BCUT2D eigenvalue weighted by Gasteiger charge is -2.16. The van der Waals surface area contributed by atoms with E-state index in [0.717, 1.165) is 6.42 Å². The fraction of sp³-hybridized carbons (Fsp3) is 0.750. The van der Waals surface area contributed by atoms with Crippen LogP contribution in [0.2, 0.25) is 0 Å². The highest BCUT2D eigenvalue weighted by molar-refractivity contribution is 5.00. The van der Waals surface area contributed by atoms with Crippen LogP contribution in [0.1, 0.15) is 34.1 Å². The van der Waals surface area contributed by atoms with Crippen LogP contribution in [-0.2, 0) is 0 Å². The first-order chi connectivity index (χ1) is 3.98. The molecule has 0 fully saturated rings. The lowest BCUT2D eigenvalue weighted by atomic mass is 9.93. The zero-order chi connectivity index (χ0) is 7.49. The van der Waals surface area contributed by atoms with Gasteiger partial charge >= 0.3 is 0 Å². The lowest BCUT2D eigenvalue weighted by molar-refractivity contribution is 0.275. The molecule has 0 aromatic rings. The number of aliphatic hydroxyl groups is 1. The summed E-state index contributed by atoms with van der Waals surface area (Å²) >= 11 is 0. The Morgan fingerprint density at radius 3 is 2.00 bits per heavy atom. The van der Waals surface area contributed by atoms with Crippen molar-refractivity contribution >= 4 is 0 Å². The molecule has 54 valence electrons. The summed E-state index contributed by atoms with van der Waals surface area (Å²) < 4.78 is 0. The van der Waals surface area contributed by atoms with Crippen molar-refractivity contribution in [1.82, 2.24) is 0 Å². The molecular formula is C8H16O. The lowest BCUT2D eigenvalue weighted by Crippen LogP contribution is -2.08. The highest BCUT2D eigenvalue weighted by Crippen LogP contribution is 2.22. The molecule has 9 heavy (non-hydrogen) atoms. The molecule has 0 atom stereocenters. The SMILES string of the molecule is CCC=C(O)C(C)(C)C. The maximum Gasteiger partial charge on any atom is 0.0935 e. The van der Waals surface area contributed by atoms with Gasteiger partial charge in [-0.1, -0.05) is 27.7 Å². The summed E-state index contributed by atoms with van der Waals surface area (Å²) in [6.07, 6.45) is 2.75. The van der Waals surface area contributed by atoms with E-state index in [4.69, 9.17) is 0 Å². The van der Waals surface area contributed by atoms with E-state index >= 15 is 0 Å². The molecule has 0 rings (SSSR count). The Morgan fingerprint density at radius 2 is 1.89 bits per heavy atom. The van der Waals surface area contributed by atoms with Gasteiger partial charge in [0.15, 0.2) is 0 Å². The van der Waals surface area contributed by atoms with Crippen molar-refractivity contribution in [2.24, 2.45) is 5.41 Å². The molecule has 0 aromatic carbocycles. The molecule has 0 amide bonds. The zero-order valence-corrected chi connectivity index (χ0v) is 6.73. The zero-order valence-electron chi connectivity index (χ0n) is 6.73. The van der Waals surface area contributed by atoms with E-state index in [1.165, 1.54) is 0 Å². The van der Waals surface area contributed by atoms with Gasteiger partial charge in [0.25, 0.3) is 0 Å². The van der Waals surface area contributed by atoms with E-state index in [1.54, 1.807) is 0 Å². The van der Waals surface area contributed by atoms with E-state index < -0.39 is 0 Å². The molecule has 0 radical (unpaired) electrons. The number of hydrogen-bond acceptors (Lipinski definition) is 1. The van der Waals surface area contributed by atoms with Gasteiger partial charge in [-0.25, -0.2) is 0 Å². The maximum atomic E-state index is 9.25. The topological polar surface area (TPSA) is 20.2 Å². The number of hydrogen-bond donors (Lipinski definition) is 1. The Hall–Kier alpha value is -0.460. The minimum absolute atomic E-state index is 0.0734. The largest absolute Gasteiger partial charge is 0.512 e. The Bertz CT molecular complexity index is 106. The molecule has 0 saturated heterocycles. The van der Waals surface area contributed by atoms with E-state index in [0.29, 0.717) is 5.76 Å². The van der Waals surface area contributed by atoms with Crippen LogP contribution in [0.4, 0.5) is 0 Å². The first-order valence-corrected chi connectivity index (χ1v) is 3.38. The quantitative estimate of drug-likeness (QED) is 0.538. The van der Waals surface area contributed by atoms with Crippen LogP contribution in [0, 0.1) is 5.41 Å². The molecule has 0 aliphatic carbocycles. The molecule has 1 heteroatoms. The van der Waals surface area contributed by atoms with Crippen molar-refractivity contribution in [3.8, 4) is 0 Å². The van der Waals surface area contributed by atoms with Crippen LogP contribution in [0.5, 0.6) is 0 Å². The minimum atomic E-state index is -0.0734. The third-order valence-electron chi connectivity index (χ3n) is 1.17. The summed E-state index contributed by atoms with van der Waals surface area (Å²) in [6.45, 7) is 8.00. The molecule has 0 aliphatic heterocycles. The van der Waals surface area contributed by atoms with Gasteiger partial charge in [-0.3, -0.25) is 0 Å². The average Bonchev–Trinajstić information content (AvgIpc) is 1.64. The molecule has 0 aliphatic rings. The van der Waals surface area contributed by atoms with Gasteiger partial charge in [0.05, 0.1) is 5.76 Å². The van der Waals surface area contributed by atoms with E-state index in [-0.39, 0.29) is 5.41 Å². The highest BCUT2D eigenvalue weighted by Gasteiger charge is 2.14. The monoisotopic (exact) mass is 128 g/mol. The number of rotatable bonds is 1. The summed E-state index contributed by atoms with van der Waals surface area (Å²) in [5.41, 5.74) is -0.0734. The summed E-state index contributed by atoms with van der Waals surface area (Å²) in [6, 6.07) is 0. The third kappa shape index (κ3) is 3.17. The van der Waals surface area contributed by atoms with Gasteiger partial charge in [0.2, 0.25) is 0 Å². The molecular weight excluding hydrogens is 112 g/mol. The van der Waals surface area contributed by atoms with Crippen molar-refractivity contribution < 1.29 is 5.11 Å². The van der Waals surface area contributed by atoms with E-state index in [9.17, 15) is 5.11 Å². The standard InChI is InChI=1S/C8H16O/c1-5-6-7(9)8(2,3)4/h6,9H,5H2,1-4H3. The van der Waals surface area contributed by atoms with Crippen molar-refractivity contribution in [2.75, 3.05) is 0 Å². The first kappa shape index (κ1) is 8.54. The highest BCUT2D eigenvalue weighted by atomic mass is 16.3. The Labute approximate surface area is 57.4 Å². The predicted octanol–water partition coefficient (Wildman–Crippen LogP) is 2.88. The maximum absolute atomic E-state index is 9.25. The molecule has 0 unspecified atom stereocenters. The third-order valence-corrected chi connectivity index (χ3v) is 1.17. The van der Waals surface area contributed by atoms with Crippen molar-refractivity contribution in [1.29, 1.82) is 0 Å². The number of aliphatic hydroxyl groups excluding tert-OH is 1. The molecule has 0 saturated carbocycles. The van der Waals surface area contributed by atoms with Crippen molar-refractivity contribution in [3.63, 3.8) is 0 Å². The Morgan fingerprint density at radius 1 is 1.44 bits per heavy atom. The van der Waals surface area contributed by atoms with Gasteiger partial charge < -0.3 is 5.11 Å². The Balaban J connectivity index is 4.03. The summed E-state index contributed by atoms with van der Waals surface area (Å²) in [4.78, 5) is 0. The van der Waals surface area contributed by atoms with Crippen LogP contribution in [0.3, 0.4) is 0 Å². The summed E-state index contributed by atoms with van der Waals surface area (Å²) in [5.74, 6) is 0.491. The average molecular weight is 128 g/mol. The van der Waals surface area contributed by atoms with Gasteiger partial charge in [-0.2, -0.15) is 0 Å². The van der Waals surface area contributed by atoms with Crippen LogP contribution >= 0.6 is 0 Å². The van der Waals surface area contributed by atoms with Crippen LogP contribution in [-0.4, -0.2) is 5.11 Å². The van der Waals surface area contributed by atoms with Gasteiger partial charge in [0.1, 0.15) is 0 Å². The molecule has 0 spiro atoms. The predicted molar refractivity (Wildman–Crippen MR) is 40.5 cm³/mol. The fourth-order valence-electron chi connectivity index (χ4n) is 0.500. The van der Waals surface area contributed by atoms with E-state index in [2.05, 4.69) is 0 Å². The van der Waals surface area contributed by atoms with Crippen LogP contribution in [0.15, 0.2) is 11.8 Å². The minimum Gasteiger partial charge on any atom is -0.512 e. The smallest absolute Gasteiger partial charge is 0.0935 e.